The van der Waals surface area contributed by atoms with E-state index in [1.807, 2.05) is 0 Å². The van der Waals surface area contributed by atoms with E-state index in [9.17, 15) is 9.59 Å². The van der Waals surface area contributed by atoms with Crippen LogP contribution < -0.4 is 0 Å². The van der Waals surface area contributed by atoms with Gasteiger partial charge in [0.15, 0.2) is 0 Å². The Hall–Kier alpha value is -1.14. The molecule has 0 heterocycles. The second kappa shape index (κ2) is 8.46. The second-order valence-corrected chi connectivity index (χ2v) is 2.26. The van der Waals surface area contributed by atoms with E-state index in [2.05, 4.69) is 18.9 Å². The van der Waals surface area contributed by atoms with E-state index in [1.165, 1.54) is 14.2 Å². The van der Waals surface area contributed by atoms with Crippen LogP contribution in [0.15, 0.2) is 0 Å². The minimum atomic E-state index is -1.02. The Labute approximate surface area is 82.1 Å². The first-order valence-corrected chi connectivity index (χ1v) is 4.04. The van der Waals surface area contributed by atoms with Gasteiger partial charge in [0, 0.05) is 14.2 Å². The molecule has 0 aliphatic carbocycles. The number of ether oxygens (including phenoxy) is 4. The van der Waals surface area contributed by atoms with Gasteiger partial charge in [-0.05, 0) is 0 Å². The molecule has 0 aliphatic heterocycles. The summed E-state index contributed by atoms with van der Waals surface area (Å²) in [5, 5.41) is 0. The zero-order valence-corrected chi connectivity index (χ0v) is 8.28. The lowest BCUT2D eigenvalue weighted by Gasteiger charge is -2.04. The van der Waals surface area contributed by atoms with Gasteiger partial charge in [-0.2, -0.15) is 0 Å². The molecular formula is C8H14O6. The third kappa shape index (κ3) is 6.38. The van der Waals surface area contributed by atoms with Gasteiger partial charge >= 0.3 is 11.9 Å². The minimum absolute atomic E-state index is 0.0364. The van der Waals surface area contributed by atoms with Crippen LogP contribution in [0.25, 0.3) is 0 Å². The van der Waals surface area contributed by atoms with Crippen molar-refractivity contribution in [3.05, 3.63) is 0 Å². The fraction of sp³-hybridized carbons (Fsp3) is 0.750. The summed E-state index contributed by atoms with van der Waals surface area (Å²) in [6.07, 6.45) is 0. The van der Waals surface area contributed by atoms with Crippen LogP contribution in [-0.4, -0.2) is 52.6 Å². The zero-order valence-electron chi connectivity index (χ0n) is 8.28. The Morgan fingerprint density at radius 3 is 1.43 bits per heavy atom. The molecular weight excluding hydrogens is 192 g/mol. The average Bonchev–Trinajstić information content (AvgIpc) is 2.18. The Morgan fingerprint density at radius 1 is 0.786 bits per heavy atom. The summed E-state index contributed by atoms with van der Waals surface area (Å²) in [5.41, 5.74) is 0. The molecule has 0 aromatic heterocycles. The van der Waals surface area contributed by atoms with Crippen molar-refractivity contribution in [2.75, 3.05) is 40.6 Å². The van der Waals surface area contributed by atoms with E-state index >= 15 is 0 Å². The van der Waals surface area contributed by atoms with Gasteiger partial charge in [0.05, 0.1) is 13.2 Å². The topological polar surface area (TPSA) is 71.1 Å². The third-order valence-electron chi connectivity index (χ3n) is 1.21. The van der Waals surface area contributed by atoms with Gasteiger partial charge < -0.3 is 18.9 Å². The zero-order chi connectivity index (χ0) is 10.8. The summed E-state index contributed by atoms with van der Waals surface area (Å²) in [7, 11) is 2.93. The molecule has 0 aromatic rings. The van der Waals surface area contributed by atoms with Crippen LogP contribution in [0.2, 0.25) is 0 Å². The highest BCUT2D eigenvalue weighted by atomic mass is 16.6. The molecule has 0 spiro atoms. The first-order chi connectivity index (χ1) is 6.72. The van der Waals surface area contributed by atoms with Crippen LogP contribution in [0.3, 0.4) is 0 Å². The molecule has 0 rings (SSSR count). The monoisotopic (exact) mass is 206 g/mol. The Bertz CT molecular complexity index is 159. The number of hydrogen-bond donors (Lipinski definition) is 0. The van der Waals surface area contributed by atoms with Gasteiger partial charge in [0.2, 0.25) is 0 Å². The normalized spacial score (nSPS) is 9.57. The highest BCUT2D eigenvalue weighted by Gasteiger charge is 2.16. The maximum absolute atomic E-state index is 10.8. The molecule has 6 heteroatoms. The first kappa shape index (κ1) is 12.9. The van der Waals surface area contributed by atoms with E-state index in [4.69, 9.17) is 0 Å². The Morgan fingerprint density at radius 2 is 1.14 bits per heavy atom. The number of rotatable bonds is 6. The van der Waals surface area contributed by atoms with E-state index in [1.54, 1.807) is 0 Å². The highest BCUT2D eigenvalue weighted by Crippen LogP contribution is 1.85. The summed E-state index contributed by atoms with van der Waals surface area (Å²) in [6.45, 7) is 0.567. The summed E-state index contributed by atoms with van der Waals surface area (Å²) in [4.78, 5) is 21.6. The molecule has 0 bridgehead atoms. The molecule has 0 N–H and O–H groups in total. The van der Waals surface area contributed by atoms with Crippen molar-refractivity contribution < 1.29 is 28.5 Å². The summed E-state index contributed by atoms with van der Waals surface area (Å²) >= 11 is 0. The molecule has 0 aromatic carbocycles. The summed E-state index contributed by atoms with van der Waals surface area (Å²) < 4.78 is 18.2. The molecule has 0 saturated carbocycles. The SMILES string of the molecule is COCCOC(=O)C(=O)OCCOC. The van der Waals surface area contributed by atoms with Crippen molar-refractivity contribution in [1.29, 1.82) is 0 Å². The van der Waals surface area contributed by atoms with Crippen molar-refractivity contribution in [3.63, 3.8) is 0 Å². The lowest BCUT2D eigenvalue weighted by atomic mass is 10.6. The van der Waals surface area contributed by atoms with Gasteiger partial charge in [-0.25, -0.2) is 9.59 Å². The van der Waals surface area contributed by atoms with Gasteiger partial charge in [-0.3, -0.25) is 0 Å². The largest absolute Gasteiger partial charge is 0.455 e. The van der Waals surface area contributed by atoms with Crippen LogP contribution in [0.4, 0.5) is 0 Å². The minimum Gasteiger partial charge on any atom is -0.455 e. The fourth-order valence-electron chi connectivity index (χ4n) is 0.553. The maximum atomic E-state index is 10.8. The molecule has 0 unspecified atom stereocenters. The van der Waals surface area contributed by atoms with Crippen molar-refractivity contribution >= 4 is 11.9 Å². The first-order valence-electron chi connectivity index (χ1n) is 4.04. The molecule has 82 valence electrons. The van der Waals surface area contributed by atoms with Gasteiger partial charge in [-0.15, -0.1) is 0 Å². The van der Waals surface area contributed by atoms with Crippen LogP contribution in [0.1, 0.15) is 0 Å². The number of carbonyl (C=O) groups is 2. The molecule has 0 atom stereocenters. The third-order valence-corrected chi connectivity index (χ3v) is 1.21. The van der Waals surface area contributed by atoms with Gasteiger partial charge in [0.1, 0.15) is 13.2 Å². The lowest BCUT2D eigenvalue weighted by molar-refractivity contribution is -0.169. The highest BCUT2D eigenvalue weighted by molar-refractivity contribution is 6.29. The van der Waals surface area contributed by atoms with E-state index in [0.717, 1.165) is 0 Å². The van der Waals surface area contributed by atoms with Crippen LogP contribution in [0.5, 0.6) is 0 Å². The fourth-order valence-corrected chi connectivity index (χ4v) is 0.553. The molecule has 0 aliphatic rings. The summed E-state index contributed by atoms with van der Waals surface area (Å²) in [6, 6.07) is 0. The van der Waals surface area contributed by atoms with E-state index in [0.29, 0.717) is 0 Å². The van der Waals surface area contributed by atoms with Gasteiger partial charge in [-0.1, -0.05) is 0 Å². The Kier molecular flexibility index (Phi) is 7.77. The standard InChI is InChI=1S/C8H14O6/c1-11-3-5-13-7(9)8(10)14-6-4-12-2/h3-6H2,1-2H3. The number of methoxy groups -OCH3 is 2. The van der Waals surface area contributed by atoms with Crippen molar-refractivity contribution in [3.8, 4) is 0 Å². The number of esters is 2. The quantitative estimate of drug-likeness (QED) is 0.327. The van der Waals surface area contributed by atoms with Crippen LogP contribution in [-0.2, 0) is 28.5 Å². The number of hydrogen-bond acceptors (Lipinski definition) is 6. The predicted molar refractivity (Wildman–Crippen MR) is 45.7 cm³/mol. The van der Waals surface area contributed by atoms with Crippen molar-refractivity contribution in [1.82, 2.24) is 0 Å². The predicted octanol–water partition coefficient (Wildman–Crippen LogP) is -0.634. The van der Waals surface area contributed by atoms with E-state index in [-0.39, 0.29) is 26.4 Å². The van der Waals surface area contributed by atoms with Crippen LogP contribution in [0, 0.1) is 0 Å². The lowest BCUT2D eigenvalue weighted by Crippen LogP contribution is -2.23. The van der Waals surface area contributed by atoms with Crippen molar-refractivity contribution in [2.24, 2.45) is 0 Å². The molecule has 0 fully saturated rings. The van der Waals surface area contributed by atoms with Crippen molar-refractivity contribution in [2.45, 2.75) is 0 Å². The Balaban J connectivity index is 3.50. The summed E-state index contributed by atoms with van der Waals surface area (Å²) in [5.74, 6) is -2.03. The van der Waals surface area contributed by atoms with Crippen LogP contribution >= 0.6 is 0 Å². The average molecular weight is 206 g/mol. The maximum Gasteiger partial charge on any atom is 0.417 e. The smallest absolute Gasteiger partial charge is 0.417 e. The second-order valence-electron chi connectivity index (χ2n) is 2.26. The molecule has 6 nitrogen and oxygen atoms in total. The number of carbonyl (C=O) groups excluding carboxylic acids is 2. The molecule has 0 radical (unpaired) electrons. The van der Waals surface area contributed by atoms with E-state index < -0.39 is 11.9 Å². The molecule has 0 saturated heterocycles. The van der Waals surface area contributed by atoms with Gasteiger partial charge in [0.25, 0.3) is 0 Å². The molecule has 0 amide bonds. The molecule has 14 heavy (non-hydrogen) atoms.